The predicted octanol–water partition coefficient (Wildman–Crippen LogP) is 0.0539. The van der Waals surface area contributed by atoms with Crippen molar-refractivity contribution in [2.45, 2.75) is 12.2 Å². The fourth-order valence-electron chi connectivity index (χ4n) is 1.08. The second-order valence-electron chi connectivity index (χ2n) is 3.26. The molecule has 0 bridgehead atoms. The van der Waals surface area contributed by atoms with Crippen molar-refractivity contribution in [3.63, 3.8) is 0 Å². The Labute approximate surface area is 97.7 Å². The molecular formula is C8H14N4O3S. The Kier molecular flexibility index (Phi) is 4.13. The Morgan fingerprint density at radius 1 is 1.62 bits per heavy atom. The standard InChI is InChI=1S/C8H14N4O3S/c1-5-6(13)12(11(3)4)7(16-5)10-15-8(14)9-2/h5H,1-4H3,(H,9,14). The highest BCUT2D eigenvalue weighted by Gasteiger charge is 2.37. The largest absolute Gasteiger partial charge is 0.433 e. The lowest BCUT2D eigenvalue weighted by molar-refractivity contribution is -0.134. The summed E-state index contributed by atoms with van der Waals surface area (Å²) >= 11 is 1.24. The summed E-state index contributed by atoms with van der Waals surface area (Å²) in [6.45, 7) is 1.77. The highest BCUT2D eigenvalue weighted by atomic mass is 32.2. The van der Waals surface area contributed by atoms with Crippen LogP contribution in [0.2, 0.25) is 0 Å². The van der Waals surface area contributed by atoms with E-state index in [9.17, 15) is 9.59 Å². The van der Waals surface area contributed by atoms with Gasteiger partial charge in [0.2, 0.25) is 5.17 Å². The van der Waals surface area contributed by atoms with E-state index in [0.717, 1.165) is 0 Å². The molecular weight excluding hydrogens is 232 g/mol. The van der Waals surface area contributed by atoms with Gasteiger partial charge in [0, 0.05) is 21.1 Å². The number of nitrogens with one attached hydrogen (secondary N) is 1. The number of oxime groups is 1. The van der Waals surface area contributed by atoms with Crippen LogP contribution in [-0.2, 0) is 9.63 Å². The molecule has 1 N–H and O–H groups in total. The molecule has 1 aliphatic rings. The second-order valence-corrected chi connectivity index (χ2v) is 4.57. The van der Waals surface area contributed by atoms with Gasteiger partial charge in [0.15, 0.2) is 0 Å². The number of rotatable bonds is 2. The molecule has 0 aromatic carbocycles. The van der Waals surface area contributed by atoms with Gasteiger partial charge in [-0.05, 0) is 12.1 Å². The quantitative estimate of drug-likeness (QED) is 0.550. The zero-order valence-electron chi connectivity index (χ0n) is 9.55. The van der Waals surface area contributed by atoms with Gasteiger partial charge in [-0.25, -0.2) is 14.8 Å². The van der Waals surface area contributed by atoms with Crippen LogP contribution in [0.5, 0.6) is 0 Å². The number of nitrogens with zero attached hydrogens (tertiary/aromatic N) is 3. The normalized spacial score (nSPS) is 23.1. The number of thioether (sulfide) groups is 1. The first-order chi connectivity index (χ1) is 7.47. The molecule has 90 valence electrons. The first kappa shape index (κ1) is 12.8. The van der Waals surface area contributed by atoms with Crippen molar-refractivity contribution in [3.8, 4) is 0 Å². The molecule has 0 aliphatic carbocycles. The van der Waals surface area contributed by atoms with Crippen LogP contribution in [0, 0.1) is 0 Å². The molecule has 0 aromatic heterocycles. The lowest BCUT2D eigenvalue weighted by atomic mass is 10.4. The lowest BCUT2D eigenvalue weighted by Crippen LogP contribution is -2.42. The van der Waals surface area contributed by atoms with Gasteiger partial charge in [-0.3, -0.25) is 9.63 Å². The molecule has 1 rings (SSSR count). The zero-order chi connectivity index (χ0) is 12.3. The summed E-state index contributed by atoms with van der Waals surface area (Å²) in [5.41, 5.74) is 0. The van der Waals surface area contributed by atoms with E-state index in [0.29, 0.717) is 5.17 Å². The van der Waals surface area contributed by atoms with Crippen molar-refractivity contribution in [1.82, 2.24) is 15.3 Å². The summed E-state index contributed by atoms with van der Waals surface area (Å²) in [6.07, 6.45) is -0.668. The molecule has 2 amide bonds. The van der Waals surface area contributed by atoms with Crippen molar-refractivity contribution in [1.29, 1.82) is 0 Å². The third kappa shape index (κ3) is 2.64. The van der Waals surface area contributed by atoms with Gasteiger partial charge in [-0.1, -0.05) is 11.8 Å². The first-order valence-corrected chi connectivity index (χ1v) is 5.50. The maximum atomic E-state index is 11.7. The van der Waals surface area contributed by atoms with Crippen LogP contribution in [0.25, 0.3) is 0 Å². The average Bonchev–Trinajstić information content (AvgIpc) is 2.51. The Morgan fingerprint density at radius 3 is 2.75 bits per heavy atom. The Morgan fingerprint density at radius 2 is 2.25 bits per heavy atom. The van der Waals surface area contributed by atoms with Crippen molar-refractivity contribution in [2.75, 3.05) is 21.1 Å². The highest BCUT2D eigenvalue weighted by Crippen LogP contribution is 2.27. The first-order valence-electron chi connectivity index (χ1n) is 4.62. The third-order valence-electron chi connectivity index (χ3n) is 1.83. The number of hydrogen-bond acceptors (Lipinski definition) is 6. The van der Waals surface area contributed by atoms with Crippen LogP contribution in [0.15, 0.2) is 5.16 Å². The zero-order valence-corrected chi connectivity index (χ0v) is 10.4. The minimum Gasteiger partial charge on any atom is -0.323 e. The van der Waals surface area contributed by atoms with Crippen molar-refractivity contribution >= 4 is 28.9 Å². The second kappa shape index (κ2) is 5.17. The number of carbonyl (C=O) groups is 2. The van der Waals surface area contributed by atoms with Crippen molar-refractivity contribution < 1.29 is 14.4 Å². The van der Waals surface area contributed by atoms with Crippen LogP contribution < -0.4 is 5.32 Å². The predicted molar refractivity (Wildman–Crippen MR) is 60.6 cm³/mol. The minimum absolute atomic E-state index is 0.0887. The number of amidine groups is 1. The van der Waals surface area contributed by atoms with E-state index in [1.165, 1.54) is 23.8 Å². The molecule has 1 saturated heterocycles. The smallest absolute Gasteiger partial charge is 0.323 e. The van der Waals surface area contributed by atoms with E-state index in [1.54, 1.807) is 26.0 Å². The summed E-state index contributed by atoms with van der Waals surface area (Å²) < 4.78 is 0. The van der Waals surface area contributed by atoms with Crippen LogP contribution in [-0.4, -0.2) is 53.6 Å². The van der Waals surface area contributed by atoms with E-state index in [4.69, 9.17) is 0 Å². The molecule has 1 unspecified atom stereocenters. The van der Waals surface area contributed by atoms with Gasteiger partial charge in [0.25, 0.3) is 5.91 Å². The summed E-state index contributed by atoms with van der Waals surface area (Å²) in [6, 6.07) is 0. The molecule has 1 fully saturated rings. The van der Waals surface area contributed by atoms with E-state index in [2.05, 4.69) is 15.3 Å². The molecule has 1 atom stereocenters. The lowest BCUT2D eigenvalue weighted by Gasteiger charge is -2.22. The number of hydrazine groups is 1. The van der Waals surface area contributed by atoms with Gasteiger partial charge < -0.3 is 5.32 Å². The average molecular weight is 246 g/mol. The molecule has 0 spiro atoms. The molecule has 8 heteroatoms. The van der Waals surface area contributed by atoms with E-state index < -0.39 is 6.09 Å². The van der Waals surface area contributed by atoms with E-state index in [-0.39, 0.29) is 11.2 Å². The van der Waals surface area contributed by atoms with Crippen LogP contribution in [0.1, 0.15) is 6.92 Å². The maximum Gasteiger partial charge on any atom is 0.433 e. The summed E-state index contributed by atoms with van der Waals surface area (Å²) in [5.74, 6) is -0.0887. The molecule has 0 radical (unpaired) electrons. The monoisotopic (exact) mass is 246 g/mol. The molecule has 7 nitrogen and oxygen atoms in total. The maximum absolute atomic E-state index is 11.7. The van der Waals surface area contributed by atoms with Crippen LogP contribution >= 0.6 is 11.8 Å². The molecule has 16 heavy (non-hydrogen) atoms. The van der Waals surface area contributed by atoms with E-state index >= 15 is 0 Å². The number of carbonyl (C=O) groups excluding carboxylic acids is 2. The molecule has 1 heterocycles. The molecule has 1 aliphatic heterocycles. The minimum atomic E-state index is -0.668. The Bertz CT molecular complexity index is 331. The highest BCUT2D eigenvalue weighted by molar-refractivity contribution is 8.15. The van der Waals surface area contributed by atoms with Crippen molar-refractivity contribution in [2.24, 2.45) is 5.16 Å². The Balaban J connectivity index is 2.79. The van der Waals surface area contributed by atoms with Gasteiger partial charge in [0.05, 0.1) is 5.25 Å². The number of amides is 2. The van der Waals surface area contributed by atoms with Gasteiger partial charge >= 0.3 is 6.09 Å². The number of hydrogen-bond donors (Lipinski definition) is 1. The van der Waals surface area contributed by atoms with Gasteiger partial charge in [0.1, 0.15) is 0 Å². The van der Waals surface area contributed by atoms with E-state index in [1.807, 2.05) is 0 Å². The van der Waals surface area contributed by atoms with Gasteiger partial charge in [-0.2, -0.15) is 0 Å². The van der Waals surface area contributed by atoms with Crippen LogP contribution in [0.4, 0.5) is 4.79 Å². The SMILES string of the molecule is CNC(=O)ON=C1SC(C)C(=O)N1N(C)C. The Hall–Kier alpha value is -1.28. The summed E-state index contributed by atoms with van der Waals surface area (Å²) in [7, 11) is 4.86. The fourth-order valence-corrected chi connectivity index (χ4v) is 2.03. The topological polar surface area (TPSA) is 74.2 Å². The molecule has 0 saturated carbocycles. The fraction of sp³-hybridized carbons (Fsp3) is 0.625. The third-order valence-corrected chi connectivity index (χ3v) is 2.84. The van der Waals surface area contributed by atoms with Gasteiger partial charge in [-0.15, -0.1) is 0 Å². The van der Waals surface area contributed by atoms with Crippen molar-refractivity contribution in [3.05, 3.63) is 0 Å². The summed E-state index contributed by atoms with van der Waals surface area (Å²) in [5, 5.41) is 8.96. The van der Waals surface area contributed by atoms with Crippen LogP contribution in [0.3, 0.4) is 0 Å². The summed E-state index contributed by atoms with van der Waals surface area (Å²) in [4.78, 5) is 27.1. The molecule has 0 aromatic rings.